The molecule has 128 valence electrons. The molecule has 0 unspecified atom stereocenters. The number of rotatable bonds is 6. The molecule has 0 saturated carbocycles. The van der Waals surface area contributed by atoms with Crippen molar-refractivity contribution in [1.29, 1.82) is 0 Å². The number of para-hydroxylation sites is 1. The smallest absolute Gasteiger partial charge is 0.264 e. The van der Waals surface area contributed by atoms with Gasteiger partial charge in [-0.3, -0.25) is 4.31 Å². The van der Waals surface area contributed by atoms with Gasteiger partial charge in [0.2, 0.25) is 0 Å². The number of methoxy groups -OCH3 is 1. The number of ether oxygens (including phenoxy) is 1. The largest absolute Gasteiger partial charge is 0.494 e. The Balaban J connectivity index is 2.62. The maximum atomic E-state index is 14.0. The monoisotopic (exact) mass is 349 g/mol. The number of anilines is 1. The van der Waals surface area contributed by atoms with Crippen molar-refractivity contribution in [3.05, 3.63) is 66.0 Å². The van der Waals surface area contributed by atoms with Crippen LogP contribution in [0.25, 0.3) is 0 Å². The maximum absolute atomic E-state index is 14.0. The number of sulfonamides is 1. The van der Waals surface area contributed by atoms with Gasteiger partial charge in [-0.05, 0) is 43.2 Å². The summed E-state index contributed by atoms with van der Waals surface area (Å²) < 4.78 is 46.1. The van der Waals surface area contributed by atoms with E-state index in [2.05, 4.69) is 6.58 Å². The fourth-order valence-electron chi connectivity index (χ4n) is 2.56. The Kier molecular flexibility index (Phi) is 5.29. The molecule has 0 radical (unpaired) electrons. The van der Waals surface area contributed by atoms with Crippen LogP contribution in [0.3, 0.4) is 0 Å². The van der Waals surface area contributed by atoms with Crippen LogP contribution in [0.15, 0.2) is 53.9 Å². The number of aryl methyl sites for hydroxylation is 2. The third-order valence-electron chi connectivity index (χ3n) is 3.70. The molecule has 0 N–H and O–H groups in total. The van der Waals surface area contributed by atoms with E-state index in [4.69, 9.17) is 4.74 Å². The van der Waals surface area contributed by atoms with Gasteiger partial charge in [0, 0.05) is 0 Å². The zero-order valence-electron chi connectivity index (χ0n) is 13.9. The molecule has 0 saturated heterocycles. The van der Waals surface area contributed by atoms with Gasteiger partial charge in [-0.25, -0.2) is 12.8 Å². The minimum atomic E-state index is -3.94. The highest BCUT2D eigenvalue weighted by Crippen LogP contribution is 2.31. The first-order chi connectivity index (χ1) is 11.3. The molecular weight excluding hydrogens is 329 g/mol. The van der Waals surface area contributed by atoms with Crippen molar-refractivity contribution in [3.63, 3.8) is 0 Å². The zero-order valence-corrected chi connectivity index (χ0v) is 14.7. The summed E-state index contributed by atoms with van der Waals surface area (Å²) in [5.41, 5.74) is 2.21. The summed E-state index contributed by atoms with van der Waals surface area (Å²) in [4.78, 5) is -0.134. The molecular formula is C18H20FNO3S. The number of hydrogen-bond donors (Lipinski definition) is 0. The predicted octanol–water partition coefficient (Wildman–Crippen LogP) is 3.83. The molecule has 0 fully saturated rings. The molecule has 2 aromatic rings. The predicted molar refractivity (Wildman–Crippen MR) is 93.6 cm³/mol. The molecule has 6 heteroatoms. The fourth-order valence-corrected chi connectivity index (χ4v) is 4.14. The lowest BCUT2D eigenvalue weighted by atomic mass is 10.1. The Morgan fingerprint density at radius 3 is 2.33 bits per heavy atom. The highest BCUT2D eigenvalue weighted by molar-refractivity contribution is 7.92. The van der Waals surface area contributed by atoms with Crippen LogP contribution in [0.1, 0.15) is 11.1 Å². The standard InChI is InChI=1S/C18H20FNO3S/c1-5-11-20(18-13(2)7-6-8-14(18)3)24(21,22)15-9-10-17(23-4)16(19)12-15/h5-10,12H,1,11H2,2-4H3. The first-order valence-corrected chi connectivity index (χ1v) is 8.80. The topological polar surface area (TPSA) is 46.6 Å². The molecule has 0 aliphatic heterocycles. The quantitative estimate of drug-likeness (QED) is 0.745. The first-order valence-electron chi connectivity index (χ1n) is 7.36. The fraction of sp³-hybridized carbons (Fsp3) is 0.222. The zero-order chi connectivity index (χ0) is 17.9. The number of hydrogen-bond acceptors (Lipinski definition) is 3. The third-order valence-corrected chi connectivity index (χ3v) is 5.46. The Morgan fingerprint density at radius 2 is 1.83 bits per heavy atom. The summed E-state index contributed by atoms with van der Waals surface area (Å²) in [6.45, 7) is 7.39. The van der Waals surface area contributed by atoms with Crippen molar-refractivity contribution < 1.29 is 17.5 Å². The lowest BCUT2D eigenvalue weighted by Crippen LogP contribution is -2.32. The van der Waals surface area contributed by atoms with Crippen LogP contribution in [0, 0.1) is 19.7 Å². The van der Waals surface area contributed by atoms with Crippen LogP contribution in [0.2, 0.25) is 0 Å². The highest BCUT2D eigenvalue weighted by atomic mass is 32.2. The second-order valence-corrected chi connectivity index (χ2v) is 7.22. The summed E-state index contributed by atoms with van der Waals surface area (Å²) in [6, 6.07) is 9.14. The first kappa shape index (κ1) is 18.0. The SMILES string of the molecule is C=CCN(c1c(C)cccc1C)S(=O)(=O)c1ccc(OC)c(F)c1. The number of benzene rings is 2. The lowest BCUT2D eigenvalue weighted by Gasteiger charge is -2.26. The average Bonchev–Trinajstić information content (AvgIpc) is 2.53. The second-order valence-electron chi connectivity index (χ2n) is 5.36. The van der Waals surface area contributed by atoms with Crippen molar-refractivity contribution in [1.82, 2.24) is 0 Å². The highest BCUT2D eigenvalue weighted by Gasteiger charge is 2.27. The van der Waals surface area contributed by atoms with Crippen LogP contribution in [-0.2, 0) is 10.0 Å². The van der Waals surface area contributed by atoms with Gasteiger partial charge in [0.1, 0.15) is 0 Å². The molecule has 0 atom stereocenters. The lowest BCUT2D eigenvalue weighted by molar-refractivity contribution is 0.385. The molecule has 0 bridgehead atoms. The minimum Gasteiger partial charge on any atom is -0.494 e. The summed E-state index contributed by atoms with van der Waals surface area (Å²) in [7, 11) is -2.62. The molecule has 2 rings (SSSR count). The Bertz CT molecular complexity index is 842. The molecule has 0 aromatic heterocycles. The van der Waals surface area contributed by atoms with Gasteiger partial charge in [-0.1, -0.05) is 24.3 Å². The van der Waals surface area contributed by atoms with E-state index in [0.717, 1.165) is 17.2 Å². The van der Waals surface area contributed by atoms with E-state index < -0.39 is 15.8 Å². The summed E-state index contributed by atoms with van der Waals surface area (Å²) in [6.07, 6.45) is 1.50. The van der Waals surface area contributed by atoms with Crippen molar-refractivity contribution in [2.75, 3.05) is 18.0 Å². The van der Waals surface area contributed by atoms with Gasteiger partial charge in [0.15, 0.2) is 11.6 Å². The molecule has 0 heterocycles. The molecule has 0 spiro atoms. The molecule has 0 amide bonds. The normalized spacial score (nSPS) is 11.2. The van der Waals surface area contributed by atoms with Crippen LogP contribution < -0.4 is 9.04 Å². The molecule has 0 aliphatic carbocycles. The van der Waals surface area contributed by atoms with E-state index in [1.807, 2.05) is 32.0 Å². The minimum absolute atomic E-state index is 0.00343. The van der Waals surface area contributed by atoms with E-state index in [1.165, 1.54) is 29.6 Å². The van der Waals surface area contributed by atoms with Gasteiger partial charge in [0.05, 0.1) is 24.2 Å². The van der Waals surface area contributed by atoms with Gasteiger partial charge in [-0.15, -0.1) is 6.58 Å². The van der Waals surface area contributed by atoms with Crippen LogP contribution >= 0.6 is 0 Å². The van der Waals surface area contributed by atoms with E-state index in [0.29, 0.717) is 5.69 Å². The van der Waals surface area contributed by atoms with Gasteiger partial charge in [-0.2, -0.15) is 0 Å². The summed E-state index contributed by atoms with van der Waals surface area (Å²) >= 11 is 0. The van der Waals surface area contributed by atoms with Crippen molar-refractivity contribution in [3.8, 4) is 5.75 Å². The molecule has 4 nitrogen and oxygen atoms in total. The van der Waals surface area contributed by atoms with Crippen LogP contribution in [0.4, 0.5) is 10.1 Å². The number of nitrogens with zero attached hydrogens (tertiary/aromatic N) is 1. The Morgan fingerprint density at radius 1 is 1.21 bits per heavy atom. The van der Waals surface area contributed by atoms with Crippen molar-refractivity contribution in [2.45, 2.75) is 18.7 Å². The molecule has 24 heavy (non-hydrogen) atoms. The third kappa shape index (κ3) is 3.28. The summed E-state index contributed by atoms with van der Waals surface area (Å²) in [5.74, 6) is -0.727. The van der Waals surface area contributed by atoms with Crippen molar-refractivity contribution >= 4 is 15.7 Å². The Labute approximate surface area is 142 Å². The average molecular weight is 349 g/mol. The van der Waals surface area contributed by atoms with Gasteiger partial charge < -0.3 is 4.74 Å². The molecule has 0 aliphatic rings. The van der Waals surface area contributed by atoms with Crippen LogP contribution in [0.5, 0.6) is 5.75 Å². The van der Waals surface area contributed by atoms with E-state index >= 15 is 0 Å². The van der Waals surface area contributed by atoms with Crippen molar-refractivity contribution in [2.24, 2.45) is 0 Å². The maximum Gasteiger partial charge on any atom is 0.264 e. The van der Waals surface area contributed by atoms with Gasteiger partial charge in [0.25, 0.3) is 10.0 Å². The second kappa shape index (κ2) is 7.05. The van der Waals surface area contributed by atoms with E-state index in [-0.39, 0.29) is 17.2 Å². The van der Waals surface area contributed by atoms with E-state index in [1.54, 1.807) is 0 Å². The summed E-state index contributed by atoms with van der Waals surface area (Å²) in [5, 5.41) is 0. The number of halogens is 1. The van der Waals surface area contributed by atoms with E-state index in [9.17, 15) is 12.8 Å². The molecule has 2 aromatic carbocycles. The Hall–Kier alpha value is -2.34. The van der Waals surface area contributed by atoms with Crippen LogP contribution in [-0.4, -0.2) is 22.1 Å². The van der Waals surface area contributed by atoms with Gasteiger partial charge >= 0.3 is 0 Å².